The van der Waals surface area contributed by atoms with Crippen LogP contribution >= 0.6 is 27.3 Å². The van der Waals surface area contributed by atoms with E-state index in [-0.39, 0.29) is 4.66 Å². The highest BCUT2D eigenvalue weighted by atomic mass is 79.9. The van der Waals surface area contributed by atoms with Gasteiger partial charge >= 0.3 is 0 Å². The molecule has 0 fully saturated rings. The van der Waals surface area contributed by atoms with Crippen LogP contribution in [-0.4, -0.2) is 13.1 Å². The van der Waals surface area contributed by atoms with Crippen LogP contribution in [0, 0.1) is 0 Å². The van der Waals surface area contributed by atoms with Crippen LogP contribution in [-0.2, 0) is 10.0 Å². The summed E-state index contributed by atoms with van der Waals surface area (Å²) in [5.41, 5.74) is 0.620. The van der Waals surface area contributed by atoms with E-state index < -0.39 is 10.0 Å². The Morgan fingerprint density at radius 1 is 1.64 bits per heavy atom. The van der Waals surface area contributed by atoms with Gasteiger partial charge in [-0.1, -0.05) is 15.9 Å². The van der Waals surface area contributed by atoms with Crippen molar-refractivity contribution < 1.29 is 8.42 Å². The predicted octanol–water partition coefficient (Wildman–Crippen LogP) is 1.84. The van der Waals surface area contributed by atoms with E-state index >= 15 is 0 Å². The quantitative estimate of drug-likeness (QED) is 0.839. The van der Waals surface area contributed by atoms with Gasteiger partial charge in [-0.3, -0.25) is 4.72 Å². The Bertz CT molecular complexity index is 305. The second-order valence-electron chi connectivity index (χ2n) is 1.84. The normalized spacial score (nSPS) is 11.4. The Balaban J connectivity index is 2.72. The summed E-state index contributed by atoms with van der Waals surface area (Å²) in [6, 6.07) is 1.71. The molecule has 0 aliphatic rings. The lowest BCUT2D eigenvalue weighted by molar-refractivity contribution is 0.606. The molecular weight excluding hydrogens is 250 g/mol. The van der Waals surface area contributed by atoms with Gasteiger partial charge < -0.3 is 0 Å². The van der Waals surface area contributed by atoms with Crippen molar-refractivity contribution in [3.63, 3.8) is 0 Å². The maximum atomic E-state index is 10.9. The molecule has 1 aromatic rings. The minimum Gasteiger partial charge on any atom is -0.282 e. The minimum absolute atomic E-state index is 0.0736. The molecule has 1 aromatic heterocycles. The van der Waals surface area contributed by atoms with Crippen LogP contribution in [0.3, 0.4) is 0 Å². The third-order valence-corrected chi connectivity index (χ3v) is 4.26. The first-order chi connectivity index (χ1) is 5.14. The summed E-state index contributed by atoms with van der Waals surface area (Å²) in [6.45, 7) is 0. The van der Waals surface area contributed by atoms with Gasteiger partial charge in [-0.25, -0.2) is 8.42 Å². The van der Waals surface area contributed by atoms with Crippen LogP contribution in [0.2, 0.25) is 0 Å². The third kappa shape index (κ3) is 2.80. The van der Waals surface area contributed by atoms with Crippen molar-refractivity contribution in [1.82, 2.24) is 0 Å². The van der Waals surface area contributed by atoms with Gasteiger partial charge in [0.05, 0.1) is 5.69 Å². The minimum atomic E-state index is -3.17. The number of rotatable bonds is 3. The van der Waals surface area contributed by atoms with Crippen molar-refractivity contribution in [2.75, 3.05) is 9.38 Å². The van der Waals surface area contributed by atoms with Crippen molar-refractivity contribution in [3.8, 4) is 0 Å². The number of nitrogens with one attached hydrogen (secondary N) is 1. The molecule has 11 heavy (non-hydrogen) atoms. The number of hydrogen-bond acceptors (Lipinski definition) is 3. The van der Waals surface area contributed by atoms with Gasteiger partial charge in [0.2, 0.25) is 10.0 Å². The first-order valence-corrected chi connectivity index (χ1v) is 6.44. The monoisotopic (exact) mass is 255 g/mol. The van der Waals surface area contributed by atoms with Gasteiger partial charge in [-0.15, -0.1) is 0 Å². The number of alkyl halides is 1. The number of halogens is 1. The topological polar surface area (TPSA) is 46.2 Å². The molecule has 0 spiro atoms. The van der Waals surface area contributed by atoms with E-state index in [4.69, 9.17) is 0 Å². The van der Waals surface area contributed by atoms with Gasteiger partial charge in [-0.2, -0.15) is 11.3 Å². The Labute approximate surface area is 77.6 Å². The molecule has 3 nitrogen and oxygen atoms in total. The van der Waals surface area contributed by atoms with E-state index in [1.54, 1.807) is 11.4 Å². The van der Waals surface area contributed by atoms with Crippen molar-refractivity contribution in [3.05, 3.63) is 16.8 Å². The van der Waals surface area contributed by atoms with Crippen molar-refractivity contribution >= 4 is 43.0 Å². The standard InChI is InChI=1S/C5H6BrNO2S2/c6-4-11(8,9)7-5-1-2-10-3-5/h1-3,7H,4H2. The second-order valence-corrected chi connectivity index (χ2v) is 5.64. The van der Waals surface area contributed by atoms with Crippen molar-refractivity contribution in [2.45, 2.75) is 0 Å². The highest BCUT2D eigenvalue weighted by Crippen LogP contribution is 2.13. The highest BCUT2D eigenvalue weighted by Gasteiger charge is 2.06. The van der Waals surface area contributed by atoms with E-state index in [0.29, 0.717) is 5.69 Å². The number of sulfonamides is 1. The molecule has 0 aromatic carbocycles. The van der Waals surface area contributed by atoms with Crippen LogP contribution in [0.15, 0.2) is 16.8 Å². The highest BCUT2D eigenvalue weighted by molar-refractivity contribution is 9.10. The summed E-state index contributed by atoms with van der Waals surface area (Å²) in [6.07, 6.45) is 0. The van der Waals surface area contributed by atoms with Gasteiger partial charge in [0, 0.05) is 5.38 Å². The van der Waals surface area contributed by atoms with E-state index in [2.05, 4.69) is 20.7 Å². The molecule has 0 atom stereocenters. The molecule has 0 unspecified atom stereocenters. The fraction of sp³-hybridized carbons (Fsp3) is 0.200. The predicted molar refractivity (Wildman–Crippen MR) is 50.7 cm³/mol. The molecule has 0 aliphatic carbocycles. The Kier molecular flexibility index (Phi) is 2.91. The lowest BCUT2D eigenvalue weighted by Crippen LogP contribution is -2.12. The molecule has 1 heterocycles. The lowest BCUT2D eigenvalue weighted by Gasteiger charge is -2.00. The molecule has 0 amide bonds. The average Bonchev–Trinajstić information content (AvgIpc) is 2.39. The molecule has 62 valence electrons. The van der Waals surface area contributed by atoms with Crippen LogP contribution in [0.4, 0.5) is 5.69 Å². The van der Waals surface area contributed by atoms with Crippen molar-refractivity contribution in [1.29, 1.82) is 0 Å². The zero-order valence-corrected chi connectivity index (χ0v) is 8.67. The third-order valence-electron chi connectivity index (χ3n) is 0.938. The zero-order valence-electron chi connectivity index (χ0n) is 5.45. The lowest BCUT2D eigenvalue weighted by atomic mass is 10.6. The van der Waals surface area contributed by atoms with Crippen LogP contribution in [0.5, 0.6) is 0 Å². The Morgan fingerprint density at radius 2 is 2.36 bits per heavy atom. The second kappa shape index (κ2) is 3.55. The summed E-state index contributed by atoms with van der Waals surface area (Å²) < 4.78 is 24.1. The van der Waals surface area contributed by atoms with Crippen LogP contribution in [0.25, 0.3) is 0 Å². The van der Waals surface area contributed by atoms with Crippen LogP contribution in [0.1, 0.15) is 0 Å². The van der Waals surface area contributed by atoms with E-state index in [1.807, 2.05) is 5.38 Å². The summed E-state index contributed by atoms with van der Waals surface area (Å²) in [5, 5.41) is 3.55. The van der Waals surface area contributed by atoms with Gasteiger partial charge in [-0.05, 0) is 11.4 Å². The number of thiophene rings is 1. The van der Waals surface area contributed by atoms with Gasteiger partial charge in [0.1, 0.15) is 4.66 Å². The summed E-state index contributed by atoms with van der Waals surface area (Å²) in [4.78, 5) is 0. The first kappa shape index (κ1) is 9.02. The summed E-state index contributed by atoms with van der Waals surface area (Å²) in [5.74, 6) is 0. The maximum absolute atomic E-state index is 10.9. The number of hydrogen-bond donors (Lipinski definition) is 1. The van der Waals surface area contributed by atoms with E-state index in [9.17, 15) is 8.42 Å². The average molecular weight is 256 g/mol. The van der Waals surface area contributed by atoms with Crippen molar-refractivity contribution in [2.24, 2.45) is 0 Å². The summed E-state index contributed by atoms with van der Waals surface area (Å²) in [7, 11) is -3.17. The molecule has 0 radical (unpaired) electrons. The fourth-order valence-electron chi connectivity index (χ4n) is 0.529. The zero-order chi connectivity index (χ0) is 8.32. The number of anilines is 1. The Hall–Kier alpha value is -0.0700. The fourth-order valence-corrected chi connectivity index (χ4v) is 2.08. The smallest absolute Gasteiger partial charge is 0.242 e. The maximum Gasteiger partial charge on any atom is 0.242 e. The molecule has 1 N–H and O–H groups in total. The van der Waals surface area contributed by atoms with Gasteiger partial charge in [0.25, 0.3) is 0 Å². The SMILES string of the molecule is O=S(=O)(CBr)Nc1ccsc1. The van der Waals surface area contributed by atoms with E-state index in [1.165, 1.54) is 11.3 Å². The van der Waals surface area contributed by atoms with E-state index in [0.717, 1.165) is 0 Å². The largest absolute Gasteiger partial charge is 0.282 e. The molecular formula is C5H6BrNO2S2. The molecule has 0 aliphatic heterocycles. The Morgan fingerprint density at radius 3 is 2.82 bits per heavy atom. The molecule has 1 rings (SSSR count). The summed E-state index contributed by atoms with van der Waals surface area (Å²) >= 11 is 4.32. The molecule has 0 bridgehead atoms. The first-order valence-electron chi connectivity index (χ1n) is 2.73. The molecule has 6 heteroatoms. The van der Waals surface area contributed by atoms with Gasteiger partial charge in [0.15, 0.2) is 0 Å². The molecule has 0 saturated carbocycles. The van der Waals surface area contributed by atoms with Crippen LogP contribution < -0.4 is 4.72 Å². The molecule has 0 saturated heterocycles.